The Morgan fingerprint density at radius 2 is 2.06 bits per heavy atom. The second-order valence-corrected chi connectivity index (χ2v) is 4.19. The zero-order chi connectivity index (χ0) is 13.4. The normalized spacial score (nSPS) is 9.89. The fourth-order valence-electron chi connectivity index (χ4n) is 1.50. The number of nitrogens with one attached hydrogen (secondary N) is 2. The molecule has 4 nitrogen and oxygen atoms in total. The van der Waals surface area contributed by atoms with Crippen molar-refractivity contribution in [2.75, 3.05) is 18.4 Å². The lowest BCUT2D eigenvalue weighted by Gasteiger charge is -2.08. The number of ketones is 1. The summed E-state index contributed by atoms with van der Waals surface area (Å²) in [5, 5.41) is 5.83. The SMILES string of the molecule is CCCCNC(=O)CNc1cccc(C(C)=O)c1. The summed E-state index contributed by atoms with van der Waals surface area (Å²) in [6, 6.07) is 7.15. The summed E-state index contributed by atoms with van der Waals surface area (Å²) < 4.78 is 0. The van der Waals surface area contributed by atoms with Crippen LogP contribution in [0.25, 0.3) is 0 Å². The molecule has 2 N–H and O–H groups in total. The Balaban J connectivity index is 2.41. The predicted molar refractivity (Wildman–Crippen MR) is 72.9 cm³/mol. The lowest BCUT2D eigenvalue weighted by Crippen LogP contribution is -2.30. The number of Topliss-reactive ketones (excluding diaryl/α,β-unsaturated/α-hetero) is 1. The lowest BCUT2D eigenvalue weighted by molar-refractivity contribution is -0.119. The van der Waals surface area contributed by atoms with Gasteiger partial charge in [-0.15, -0.1) is 0 Å². The van der Waals surface area contributed by atoms with Crippen molar-refractivity contribution in [2.45, 2.75) is 26.7 Å². The van der Waals surface area contributed by atoms with E-state index in [4.69, 9.17) is 0 Å². The third-order valence-electron chi connectivity index (χ3n) is 2.57. The Morgan fingerprint density at radius 3 is 2.72 bits per heavy atom. The molecule has 0 saturated carbocycles. The van der Waals surface area contributed by atoms with Crippen LogP contribution in [0.1, 0.15) is 37.0 Å². The van der Waals surface area contributed by atoms with E-state index in [0.29, 0.717) is 12.1 Å². The van der Waals surface area contributed by atoms with Crippen LogP contribution in [0.15, 0.2) is 24.3 Å². The van der Waals surface area contributed by atoms with Crippen molar-refractivity contribution in [1.29, 1.82) is 0 Å². The largest absolute Gasteiger partial charge is 0.376 e. The van der Waals surface area contributed by atoms with Crippen molar-refractivity contribution in [3.8, 4) is 0 Å². The van der Waals surface area contributed by atoms with Crippen molar-refractivity contribution in [1.82, 2.24) is 5.32 Å². The standard InChI is InChI=1S/C14H20N2O2/c1-3-4-8-15-14(18)10-16-13-7-5-6-12(9-13)11(2)17/h5-7,9,16H,3-4,8,10H2,1-2H3,(H,15,18). The molecule has 98 valence electrons. The van der Waals surface area contributed by atoms with Crippen LogP contribution in [-0.2, 0) is 4.79 Å². The van der Waals surface area contributed by atoms with Gasteiger partial charge in [0, 0.05) is 17.8 Å². The highest BCUT2D eigenvalue weighted by atomic mass is 16.1. The molecular formula is C14H20N2O2. The highest BCUT2D eigenvalue weighted by Crippen LogP contribution is 2.10. The molecule has 0 spiro atoms. The molecule has 0 atom stereocenters. The molecule has 4 heteroatoms. The quantitative estimate of drug-likeness (QED) is 0.574. The van der Waals surface area contributed by atoms with Crippen LogP contribution in [0.4, 0.5) is 5.69 Å². The van der Waals surface area contributed by atoms with E-state index in [2.05, 4.69) is 17.6 Å². The first-order valence-corrected chi connectivity index (χ1v) is 6.25. The minimum absolute atomic E-state index is 0.0195. The van der Waals surface area contributed by atoms with Crippen molar-refractivity contribution < 1.29 is 9.59 Å². The van der Waals surface area contributed by atoms with Gasteiger partial charge < -0.3 is 10.6 Å². The smallest absolute Gasteiger partial charge is 0.239 e. The van der Waals surface area contributed by atoms with E-state index in [1.54, 1.807) is 18.2 Å². The van der Waals surface area contributed by atoms with Gasteiger partial charge in [0.2, 0.25) is 5.91 Å². The van der Waals surface area contributed by atoms with Crippen LogP contribution < -0.4 is 10.6 Å². The summed E-state index contributed by atoms with van der Waals surface area (Å²) >= 11 is 0. The molecule has 1 aromatic rings. The first-order chi connectivity index (χ1) is 8.63. The number of carbonyl (C=O) groups is 2. The Labute approximate surface area is 108 Å². The molecule has 1 rings (SSSR count). The molecule has 0 aliphatic carbocycles. The molecule has 18 heavy (non-hydrogen) atoms. The molecule has 0 heterocycles. The van der Waals surface area contributed by atoms with E-state index in [1.807, 2.05) is 6.07 Å². The summed E-state index contributed by atoms with van der Waals surface area (Å²) in [5.41, 5.74) is 1.43. The molecule has 0 aliphatic rings. The lowest BCUT2D eigenvalue weighted by atomic mass is 10.1. The van der Waals surface area contributed by atoms with Crippen LogP contribution in [0.3, 0.4) is 0 Å². The van der Waals surface area contributed by atoms with Gasteiger partial charge in [-0.25, -0.2) is 0 Å². The van der Waals surface area contributed by atoms with Crippen molar-refractivity contribution in [3.05, 3.63) is 29.8 Å². The highest BCUT2D eigenvalue weighted by Gasteiger charge is 2.02. The second kappa shape index (κ2) is 7.48. The van der Waals surface area contributed by atoms with E-state index in [1.165, 1.54) is 6.92 Å². The third-order valence-corrected chi connectivity index (χ3v) is 2.57. The van der Waals surface area contributed by atoms with Crippen molar-refractivity contribution in [3.63, 3.8) is 0 Å². The van der Waals surface area contributed by atoms with Crippen LogP contribution >= 0.6 is 0 Å². The van der Waals surface area contributed by atoms with Crippen LogP contribution in [0.2, 0.25) is 0 Å². The first-order valence-electron chi connectivity index (χ1n) is 6.25. The average molecular weight is 248 g/mol. The summed E-state index contributed by atoms with van der Waals surface area (Å²) in [5.74, 6) is -0.0114. The fourth-order valence-corrected chi connectivity index (χ4v) is 1.50. The highest BCUT2D eigenvalue weighted by molar-refractivity contribution is 5.95. The van der Waals surface area contributed by atoms with Crippen LogP contribution in [0, 0.1) is 0 Å². The Morgan fingerprint density at radius 1 is 1.28 bits per heavy atom. The maximum Gasteiger partial charge on any atom is 0.239 e. The van der Waals surface area contributed by atoms with Gasteiger partial charge in [-0.2, -0.15) is 0 Å². The number of benzene rings is 1. The third kappa shape index (κ3) is 4.99. The topological polar surface area (TPSA) is 58.2 Å². The summed E-state index contributed by atoms with van der Waals surface area (Å²) in [7, 11) is 0. The zero-order valence-corrected chi connectivity index (χ0v) is 11.0. The predicted octanol–water partition coefficient (Wildman–Crippen LogP) is 2.22. The van der Waals surface area contributed by atoms with Gasteiger partial charge in [0.15, 0.2) is 5.78 Å². The summed E-state index contributed by atoms with van der Waals surface area (Å²) in [4.78, 5) is 22.7. The number of unbranched alkanes of at least 4 members (excludes halogenated alkanes) is 1. The van der Waals surface area contributed by atoms with E-state index in [-0.39, 0.29) is 18.2 Å². The molecule has 1 amide bonds. The van der Waals surface area contributed by atoms with Crippen molar-refractivity contribution in [2.24, 2.45) is 0 Å². The number of hydrogen-bond acceptors (Lipinski definition) is 3. The van der Waals surface area contributed by atoms with Gasteiger partial charge >= 0.3 is 0 Å². The molecule has 0 aliphatic heterocycles. The maximum atomic E-state index is 11.5. The van der Waals surface area contributed by atoms with E-state index < -0.39 is 0 Å². The van der Waals surface area contributed by atoms with Crippen LogP contribution in [-0.4, -0.2) is 24.8 Å². The second-order valence-electron chi connectivity index (χ2n) is 4.19. The number of amides is 1. The fraction of sp³-hybridized carbons (Fsp3) is 0.429. The minimum atomic E-state index is -0.0309. The van der Waals surface area contributed by atoms with E-state index in [0.717, 1.165) is 18.5 Å². The van der Waals surface area contributed by atoms with Crippen LogP contribution in [0.5, 0.6) is 0 Å². The van der Waals surface area contributed by atoms with E-state index in [9.17, 15) is 9.59 Å². The molecule has 0 unspecified atom stereocenters. The Kier molecular flexibility index (Phi) is 5.91. The molecule has 0 radical (unpaired) electrons. The Hall–Kier alpha value is -1.84. The summed E-state index contributed by atoms with van der Waals surface area (Å²) in [6.07, 6.45) is 2.06. The average Bonchev–Trinajstić information content (AvgIpc) is 2.37. The number of carbonyl (C=O) groups excluding carboxylic acids is 2. The van der Waals surface area contributed by atoms with Gasteiger partial charge in [0.25, 0.3) is 0 Å². The number of rotatable bonds is 7. The van der Waals surface area contributed by atoms with Crippen molar-refractivity contribution >= 4 is 17.4 Å². The molecule has 1 aromatic carbocycles. The number of anilines is 1. The molecule has 0 aromatic heterocycles. The number of hydrogen-bond donors (Lipinski definition) is 2. The molecular weight excluding hydrogens is 228 g/mol. The Bertz CT molecular complexity index is 416. The molecule has 0 bridgehead atoms. The van der Waals surface area contributed by atoms with Gasteiger partial charge in [-0.3, -0.25) is 9.59 Å². The molecule has 0 saturated heterocycles. The van der Waals surface area contributed by atoms with E-state index >= 15 is 0 Å². The molecule has 0 fully saturated rings. The van der Waals surface area contributed by atoms with Gasteiger partial charge in [0.05, 0.1) is 6.54 Å². The van der Waals surface area contributed by atoms with Gasteiger partial charge in [-0.1, -0.05) is 25.5 Å². The first kappa shape index (κ1) is 14.2. The zero-order valence-electron chi connectivity index (χ0n) is 11.0. The summed E-state index contributed by atoms with van der Waals surface area (Å²) in [6.45, 7) is 4.55. The van der Waals surface area contributed by atoms with Gasteiger partial charge in [-0.05, 0) is 25.5 Å². The monoisotopic (exact) mass is 248 g/mol. The minimum Gasteiger partial charge on any atom is -0.376 e. The van der Waals surface area contributed by atoms with Gasteiger partial charge in [0.1, 0.15) is 0 Å². The maximum absolute atomic E-state index is 11.5.